The summed E-state index contributed by atoms with van der Waals surface area (Å²) in [4.78, 5) is 10.4. The molecule has 1 N–H and O–H groups in total. The Hall–Kier alpha value is -1.05. The molecule has 1 rings (SSSR count). The molecule has 0 heterocycles. The summed E-state index contributed by atoms with van der Waals surface area (Å²) in [5.74, 6) is 0.471. The number of aliphatic hydroxyl groups is 1. The number of allylic oxidation sites excluding steroid dienone is 3. The van der Waals surface area contributed by atoms with Crippen molar-refractivity contribution in [1.29, 1.82) is 0 Å². The summed E-state index contributed by atoms with van der Waals surface area (Å²) in [6, 6.07) is 0. The van der Waals surface area contributed by atoms with Crippen LogP contribution in [0.1, 0.15) is 19.8 Å². The minimum atomic E-state index is 0.471. The fourth-order valence-corrected chi connectivity index (χ4v) is 1.40. The summed E-state index contributed by atoms with van der Waals surface area (Å²) < 4.78 is 0. The lowest BCUT2D eigenvalue weighted by molar-refractivity contribution is -0.105. The second kappa shape index (κ2) is 3.37. The standard InChI is InChI=1S/C9H12O2/c1-7-2-8(5-10)4-9(3-7)6-11/h4-7,10H,2-3H2,1H3/b8-5+. The van der Waals surface area contributed by atoms with Crippen LogP contribution in [-0.2, 0) is 4.79 Å². The van der Waals surface area contributed by atoms with Gasteiger partial charge in [-0.05, 0) is 36.0 Å². The van der Waals surface area contributed by atoms with Crippen molar-refractivity contribution in [1.82, 2.24) is 0 Å². The molecule has 0 saturated carbocycles. The second-order valence-electron chi connectivity index (χ2n) is 3.05. The first-order chi connectivity index (χ1) is 5.26. The quantitative estimate of drug-likeness (QED) is 0.461. The van der Waals surface area contributed by atoms with E-state index in [0.29, 0.717) is 5.92 Å². The summed E-state index contributed by atoms with van der Waals surface area (Å²) in [6.45, 7) is 2.07. The second-order valence-corrected chi connectivity index (χ2v) is 3.05. The number of hydrogen-bond acceptors (Lipinski definition) is 2. The van der Waals surface area contributed by atoms with Crippen LogP contribution in [0.15, 0.2) is 23.5 Å². The van der Waals surface area contributed by atoms with Gasteiger partial charge >= 0.3 is 0 Å². The lowest BCUT2D eigenvalue weighted by Crippen LogP contribution is -2.05. The first-order valence-electron chi connectivity index (χ1n) is 3.75. The fourth-order valence-electron chi connectivity index (χ4n) is 1.40. The monoisotopic (exact) mass is 152 g/mol. The van der Waals surface area contributed by atoms with Crippen LogP contribution < -0.4 is 0 Å². The van der Waals surface area contributed by atoms with Gasteiger partial charge in [0.25, 0.3) is 0 Å². The lowest BCUT2D eigenvalue weighted by Gasteiger charge is -2.16. The summed E-state index contributed by atoms with van der Waals surface area (Å²) in [6.07, 6.45) is 5.40. The van der Waals surface area contributed by atoms with Gasteiger partial charge in [-0.25, -0.2) is 0 Å². The average Bonchev–Trinajstić information content (AvgIpc) is 2.03. The lowest BCUT2D eigenvalue weighted by atomic mass is 9.88. The molecule has 11 heavy (non-hydrogen) atoms. The minimum Gasteiger partial charge on any atom is -0.515 e. The van der Waals surface area contributed by atoms with Crippen LogP contribution >= 0.6 is 0 Å². The van der Waals surface area contributed by atoms with Gasteiger partial charge in [0.2, 0.25) is 0 Å². The molecule has 1 atom stereocenters. The predicted molar refractivity (Wildman–Crippen MR) is 43.3 cm³/mol. The molecule has 2 nitrogen and oxygen atoms in total. The van der Waals surface area contributed by atoms with Gasteiger partial charge in [-0.15, -0.1) is 0 Å². The van der Waals surface area contributed by atoms with E-state index >= 15 is 0 Å². The van der Waals surface area contributed by atoms with Gasteiger partial charge < -0.3 is 5.11 Å². The largest absolute Gasteiger partial charge is 0.515 e. The summed E-state index contributed by atoms with van der Waals surface area (Å²) in [7, 11) is 0. The average molecular weight is 152 g/mol. The van der Waals surface area contributed by atoms with Crippen molar-refractivity contribution in [3.05, 3.63) is 23.5 Å². The number of hydrogen-bond donors (Lipinski definition) is 1. The predicted octanol–water partition coefficient (Wildman–Crippen LogP) is 1.98. The molecular formula is C9H12O2. The molecule has 0 bridgehead atoms. The van der Waals surface area contributed by atoms with Crippen molar-refractivity contribution in [2.24, 2.45) is 5.92 Å². The molecule has 1 aliphatic rings. The molecule has 0 amide bonds. The van der Waals surface area contributed by atoms with E-state index in [1.165, 1.54) is 0 Å². The first kappa shape index (κ1) is 8.05. The highest BCUT2D eigenvalue weighted by Gasteiger charge is 2.13. The van der Waals surface area contributed by atoms with Crippen LogP contribution in [-0.4, -0.2) is 11.4 Å². The Balaban J connectivity index is 2.81. The number of aldehydes is 1. The van der Waals surface area contributed by atoms with E-state index < -0.39 is 0 Å². The maximum Gasteiger partial charge on any atom is 0.146 e. The smallest absolute Gasteiger partial charge is 0.146 e. The van der Waals surface area contributed by atoms with Gasteiger partial charge in [-0.3, -0.25) is 4.79 Å². The van der Waals surface area contributed by atoms with Crippen LogP contribution in [0.3, 0.4) is 0 Å². The van der Waals surface area contributed by atoms with Crippen molar-refractivity contribution in [2.75, 3.05) is 0 Å². The third-order valence-corrected chi connectivity index (χ3v) is 1.86. The molecule has 0 aliphatic heterocycles. The number of carbonyl (C=O) groups is 1. The van der Waals surface area contributed by atoms with E-state index in [1.807, 2.05) is 0 Å². The number of aliphatic hydroxyl groups excluding tert-OH is 1. The molecule has 0 aromatic rings. The van der Waals surface area contributed by atoms with Crippen LogP contribution in [0, 0.1) is 5.92 Å². The van der Waals surface area contributed by atoms with Crippen molar-refractivity contribution >= 4 is 6.29 Å². The fraction of sp³-hybridized carbons (Fsp3) is 0.444. The molecule has 1 aliphatic carbocycles. The molecule has 0 fully saturated rings. The van der Waals surface area contributed by atoms with Crippen LogP contribution in [0.5, 0.6) is 0 Å². The zero-order valence-corrected chi connectivity index (χ0v) is 6.58. The highest BCUT2D eigenvalue weighted by molar-refractivity contribution is 5.74. The molecule has 0 aromatic heterocycles. The molecular weight excluding hydrogens is 140 g/mol. The normalized spacial score (nSPS) is 28.3. The highest BCUT2D eigenvalue weighted by atomic mass is 16.2. The SMILES string of the molecule is CC1CC(C=O)=C/C(=C/O)C1. The minimum absolute atomic E-state index is 0.471. The van der Waals surface area contributed by atoms with E-state index in [1.54, 1.807) is 6.08 Å². The molecule has 0 aromatic carbocycles. The van der Waals surface area contributed by atoms with E-state index in [0.717, 1.165) is 36.5 Å². The Morgan fingerprint density at radius 3 is 2.91 bits per heavy atom. The zero-order chi connectivity index (χ0) is 8.27. The van der Waals surface area contributed by atoms with E-state index in [-0.39, 0.29) is 0 Å². The molecule has 0 radical (unpaired) electrons. The van der Waals surface area contributed by atoms with Gasteiger partial charge in [-0.2, -0.15) is 0 Å². The van der Waals surface area contributed by atoms with Crippen molar-refractivity contribution < 1.29 is 9.90 Å². The molecule has 1 unspecified atom stereocenters. The maximum absolute atomic E-state index is 10.4. The highest BCUT2D eigenvalue weighted by Crippen LogP contribution is 2.25. The Bertz CT molecular complexity index is 214. The summed E-state index contributed by atoms with van der Waals surface area (Å²) in [5.41, 5.74) is 1.63. The third kappa shape index (κ3) is 1.93. The molecule has 0 spiro atoms. The Labute approximate surface area is 66.2 Å². The van der Waals surface area contributed by atoms with Gasteiger partial charge in [-0.1, -0.05) is 6.92 Å². The first-order valence-corrected chi connectivity index (χ1v) is 3.75. The van der Waals surface area contributed by atoms with Gasteiger partial charge in [0.05, 0.1) is 6.26 Å². The maximum atomic E-state index is 10.4. The number of carbonyl (C=O) groups excluding carboxylic acids is 1. The summed E-state index contributed by atoms with van der Waals surface area (Å²) >= 11 is 0. The van der Waals surface area contributed by atoms with Gasteiger partial charge in [0.1, 0.15) is 6.29 Å². The molecule has 60 valence electrons. The molecule has 0 saturated heterocycles. The third-order valence-electron chi connectivity index (χ3n) is 1.86. The van der Waals surface area contributed by atoms with Crippen molar-refractivity contribution in [3.8, 4) is 0 Å². The van der Waals surface area contributed by atoms with Gasteiger partial charge in [0, 0.05) is 0 Å². The Morgan fingerprint density at radius 2 is 2.36 bits per heavy atom. The van der Waals surface area contributed by atoms with E-state index in [2.05, 4.69) is 6.92 Å². The van der Waals surface area contributed by atoms with Crippen LogP contribution in [0.2, 0.25) is 0 Å². The summed E-state index contributed by atoms with van der Waals surface area (Å²) in [5, 5.41) is 8.70. The Kier molecular flexibility index (Phi) is 2.47. The van der Waals surface area contributed by atoms with Crippen molar-refractivity contribution in [2.45, 2.75) is 19.8 Å². The van der Waals surface area contributed by atoms with E-state index in [4.69, 9.17) is 5.11 Å². The van der Waals surface area contributed by atoms with Gasteiger partial charge in [0.15, 0.2) is 0 Å². The molecule has 2 heteroatoms. The Morgan fingerprint density at radius 1 is 1.64 bits per heavy atom. The zero-order valence-electron chi connectivity index (χ0n) is 6.58. The number of rotatable bonds is 1. The topological polar surface area (TPSA) is 37.3 Å². The van der Waals surface area contributed by atoms with E-state index in [9.17, 15) is 4.79 Å². The van der Waals surface area contributed by atoms with Crippen molar-refractivity contribution in [3.63, 3.8) is 0 Å². The van der Waals surface area contributed by atoms with Crippen LogP contribution in [0.25, 0.3) is 0 Å². The van der Waals surface area contributed by atoms with Crippen LogP contribution in [0.4, 0.5) is 0 Å².